The quantitative estimate of drug-likeness (QED) is 0.180. The fourth-order valence-electron chi connectivity index (χ4n) is 4.12. The molecule has 2 aromatic carbocycles. The van der Waals surface area contributed by atoms with Gasteiger partial charge in [-0.1, -0.05) is 37.6 Å². The van der Waals surface area contributed by atoms with E-state index in [0.717, 1.165) is 47.6 Å². The zero-order valence-electron chi connectivity index (χ0n) is 19.5. The van der Waals surface area contributed by atoms with Gasteiger partial charge in [0.05, 0.1) is 20.9 Å². The molecule has 2 aromatic heterocycles. The van der Waals surface area contributed by atoms with Crippen LogP contribution in [0.2, 0.25) is 0 Å². The summed E-state index contributed by atoms with van der Waals surface area (Å²) >= 11 is 0. The molecule has 0 unspecified atom stereocenters. The third-order valence-corrected chi connectivity index (χ3v) is 7.34. The molecular weight excluding hydrogens is 468 g/mol. The van der Waals surface area contributed by atoms with Crippen LogP contribution in [0.4, 0.5) is 11.5 Å². The van der Waals surface area contributed by atoms with Gasteiger partial charge >= 0.3 is 0 Å². The number of para-hydroxylation sites is 1. The van der Waals surface area contributed by atoms with Crippen LogP contribution < -0.4 is 10.5 Å². The monoisotopic (exact) mass is 496 g/mol. The second kappa shape index (κ2) is 10.4. The van der Waals surface area contributed by atoms with E-state index in [4.69, 9.17) is 10.7 Å². The first-order valence-electron chi connectivity index (χ1n) is 11.6. The second-order valence-corrected chi connectivity index (χ2v) is 10.1. The number of pyridine rings is 1. The number of unbranched alkanes of at least 4 members (excludes halogenated alkanes) is 2. The SMILES string of the molecule is CCCCc1nc2c(N)nc3ccccc3c2n1CCCCNS(=O)(=O)c1cccc([N+](=O)[O-])c1. The fraction of sp³-hybridized carbons (Fsp3) is 0.333. The molecule has 35 heavy (non-hydrogen) atoms. The third kappa shape index (κ3) is 5.25. The van der Waals surface area contributed by atoms with Gasteiger partial charge in [-0.2, -0.15) is 0 Å². The summed E-state index contributed by atoms with van der Waals surface area (Å²) in [4.78, 5) is 19.5. The molecule has 10 nitrogen and oxygen atoms in total. The lowest BCUT2D eigenvalue weighted by molar-refractivity contribution is -0.385. The number of nitrogens with two attached hydrogens (primary N) is 1. The fourth-order valence-corrected chi connectivity index (χ4v) is 5.23. The van der Waals surface area contributed by atoms with E-state index >= 15 is 0 Å². The van der Waals surface area contributed by atoms with Gasteiger partial charge in [0, 0.05) is 37.0 Å². The Morgan fingerprint density at radius 3 is 2.66 bits per heavy atom. The minimum Gasteiger partial charge on any atom is -0.382 e. The summed E-state index contributed by atoms with van der Waals surface area (Å²) in [6.45, 7) is 3.00. The zero-order valence-corrected chi connectivity index (χ0v) is 20.3. The first-order valence-corrected chi connectivity index (χ1v) is 13.1. The number of non-ortho nitro benzene ring substituents is 1. The molecule has 0 saturated heterocycles. The van der Waals surface area contributed by atoms with Crippen molar-refractivity contribution < 1.29 is 13.3 Å². The number of sulfonamides is 1. The Bertz CT molecular complexity index is 1480. The van der Waals surface area contributed by atoms with E-state index in [0.29, 0.717) is 30.7 Å². The lowest BCUT2D eigenvalue weighted by atomic mass is 10.2. The maximum Gasteiger partial charge on any atom is 0.270 e. The summed E-state index contributed by atoms with van der Waals surface area (Å²) in [6.07, 6.45) is 4.14. The first-order chi connectivity index (χ1) is 16.8. The predicted octanol–water partition coefficient (Wildman–Crippen LogP) is 4.18. The molecule has 184 valence electrons. The Labute approximate surface area is 203 Å². The van der Waals surface area contributed by atoms with Gasteiger partial charge in [0.1, 0.15) is 11.3 Å². The molecule has 0 atom stereocenters. The highest BCUT2D eigenvalue weighted by molar-refractivity contribution is 7.89. The number of nitro benzene ring substituents is 1. The lowest BCUT2D eigenvalue weighted by Gasteiger charge is -2.11. The molecule has 4 rings (SSSR count). The number of fused-ring (bicyclic) bond motifs is 3. The Balaban J connectivity index is 1.50. The average molecular weight is 497 g/mol. The van der Waals surface area contributed by atoms with Crippen LogP contribution in [0.3, 0.4) is 0 Å². The molecule has 0 radical (unpaired) electrons. The standard InChI is InChI=1S/C24H28N6O4S/c1-2-3-13-21-28-22-23(19-11-4-5-12-20(19)27-24(22)25)29(21)15-7-6-14-26-35(33,34)18-10-8-9-17(16-18)30(31)32/h4-5,8-12,16,26H,2-3,6-7,13-15H2,1H3,(H2,25,27). The van der Waals surface area contributed by atoms with Crippen LogP contribution in [-0.2, 0) is 23.0 Å². The van der Waals surface area contributed by atoms with Crippen LogP contribution in [0, 0.1) is 10.1 Å². The van der Waals surface area contributed by atoms with Gasteiger partial charge in [-0.05, 0) is 31.4 Å². The highest BCUT2D eigenvalue weighted by Gasteiger charge is 2.18. The van der Waals surface area contributed by atoms with Crippen LogP contribution in [0.1, 0.15) is 38.4 Å². The molecule has 0 spiro atoms. The molecule has 11 heteroatoms. The lowest BCUT2D eigenvalue weighted by Crippen LogP contribution is -2.25. The predicted molar refractivity (Wildman–Crippen MR) is 136 cm³/mol. The van der Waals surface area contributed by atoms with E-state index in [1.807, 2.05) is 24.3 Å². The van der Waals surface area contributed by atoms with Crippen molar-refractivity contribution in [2.24, 2.45) is 0 Å². The van der Waals surface area contributed by atoms with Crippen molar-refractivity contribution in [2.75, 3.05) is 12.3 Å². The maximum atomic E-state index is 12.6. The number of anilines is 1. The topological polar surface area (TPSA) is 146 Å². The minimum absolute atomic E-state index is 0.122. The summed E-state index contributed by atoms with van der Waals surface area (Å²) in [5.74, 6) is 1.35. The zero-order chi connectivity index (χ0) is 25.0. The number of nitrogens with one attached hydrogen (secondary N) is 1. The normalized spacial score (nSPS) is 11.9. The molecule has 3 N–H and O–H groups in total. The summed E-state index contributed by atoms with van der Waals surface area (Å²) in [5.41, 5.74) is 8.43. The largest absolute Gasteiger partial charge is 0.382 e. The maximum absolute atomic E-state index is 12.6. The van der Waals surface area contributed by atoms with Crippen LogP contribution in [-0.4, -0.2) is 34.4 Å². The molecule has 0 aliphatic heterocycles. The molecule has 0 fully saturated rings. The number of nitrogen functional groups attached to an aromatic ring is 1. The van der Waals surface area contributed by atoms with Crippen LogP contribution in [0.15, 0.2) is 53.4 Å². The van der Waals surface area contributed by atoms with Gasteiger partial charge in [-0.25, -0.2) is 23.1 Å². The van der Waals surface area contributed by atoms with E-state index < -0.39 is 14.9 Å². The van der Waals surface area contributed by atoms with E-state index in [9.17, 15) is 18.5 Å². The van der Waals surface area contributed by atoms with Gasteiger partial charge < -0.3 is 10.3 Å². The van der Waals surface area contributed by atoms with Gasteiger partial charge in [0.25, 0.3) is 5.69 Å². The van der Waals surface area contributed by atoms with Crippen molar-refractivity contribution in [1.82, 2.24) is 19.3 Å². The molecule has 0 aliphatic rings. The van der Waals surface area contributed by atoms with Crippen molar-refractivity contribution in [3.05, 3.63) is 64.5 Å². The van der Waals surface area contributed by atoms with Crippen LogP contribution in [0.25, 0.3) is 21.9 Å². The van der Waals surface area contributed by atoms with Crippen molar-refractivity contribution in [3.63, 3.8) is 0 Å². The number of aromatic nitrogens is 3. The number of aryl methyl sites for hydroxylation is 2. The molecule has 4 aromatic rings. The number of nitrogens with zero attached hydrogens (tertiary/aromatic N) is 4. The van der Waals surface area contributed by atoms with E-state index in [-0.39, 0.29) is 17.1 Å². The van der Waals surface area contributed by atoms with Gasteiger partial charge in [-0.3, -0.25) is 10.1 Å². The molecular formula is C24H28N6O4S. The number of hydrogen-bond donors (Lipinski definition) is 2. The Kier molecular flexibility index (Phi) is 7.27. The van der Waals surface area contributed by atoms with Gasteiger partial charge in [0.15, 0.2) is 5.82 Å². The number of nitro groups is 1. The number of imidazole rings is 1. The summed E-state index contributed by atoms with van der Waals surface area (Å²) in [7, 11) is -3.84. The van der Waals surface area contributed by atoms with Gasteiger partial charge in [-0.15, -0.1) is 0 Å². The summed E-state index contributed by atoms with van der Waals surface area (Å²) in [6, 6.07) is 12.9. The first kappa shape index (κ1) is 24.6. The van der Waals surface area contributed by atoms with E-state index in [1.54, 1.807) is 0 Å². The van der Waals surface area contributed by atoms with Gasteiger partial charge in [0.2, 0.25) is 10.0 Å². The van der Waals surface area contributed by atoms with Crippen LogP contribution >= 0.6 is 0 Å². The Morgan fingerprint density at radius 2 is 1.89 bits per heavy atom. The van der Waals surface area contributed by atoms with Crippen molar-refractivity contribution in [1.29, 1.82) is 0 Å². The molecule has 0 amide bonds. The molecule has 0 saturated carbocycles. The summed E-state index contributed by atoms with van der Waals surface area (Å²) in [5, 5.41) is 11.9. The third-order valence-electron chi connectivity index (χ3n) is 5.88. The van der Waals surface area contributed by atoms with E-state index in [1.165, 1.54) is 18.2 Å². The average Bonchev–Trinajstić information content (AvgIpc) is 3.22. The molecule has 0 aliphatic carbocycles. The van der Waals surface area contributed by atoms with E-state index in [2.05, 4.69) is 21.2 Å². The Hall–Kier alpha value is -3.57. The minimum atomic E-state index is -3.84. The second-order valence-electron chi connectivity index (χ2n) is 8.35. The van der Waals surface area contributed by atoms with Crippen molar-refractivity contribution in [3.8, 4) is 0 Å². The highest BCUT2D eigenvalue weighted by Crippen LogP contribution is 2.29. The molecule has 0 bridgehead atoms. The number of benzene rings is 2. The smallest absolute Gasteiger partial charge is 0.270 e. The van der Waals surface area contributed by atoms with Crippen molar-refractivity contribution in [2.45, 2.75) is 50.5 Å². The Morgan fingerprint density at radius 1 is 1.09 bits per heavy atom. The summed E-state index contributed by atoms with van der Waals surface area (Å²) < 4.78 is 29.8. The highest BCUT2D eigenvalue weighted by atomic mass is 32.2. The van der Waals surface area contributed by atoms with Crippen LogP contribution in [0.5, 0.6) is 0 Å². The number of hydrogen-bond acceptors (Lipinski definition) is 7. The van der Waals surface area contributed by atoms with Crippen molar-refractivity contribution >= 4 is 43.5 Å². The molecule has 2 heterocycles. The number of rotatable bonds is 11.